The number of hydrogen-bond donors (Lipinski definition) is 0. The van der Waals surface area contributed by atoms with Gasteiger partial charge in [-0.2, -0.15) is 0 Å². The highest BCUT2D eigenvalue weighted by atomic mass is 127. The molecule has 4 aromatic rings. The maximum atomic E-state index is 12.8. The Hall–Kier alpha value is -1.46. The number of rotatable bonds is 4. The van der Waals surface area contributed by atoms with E-state index in [0.29, 0.717) is 11.1 Å². The van der Waals surface area contributed by atoms with Crippen LogP contribution in [-0.2, 0) is 0 Å². The Morgan fingerprint density at radius 2 is 1.96 bits per heavy atom. The molecule has 7 heteroatoms. The largest absolute Gasteiger partial charge is 0.487 e. The van der Waals surface area contributed by atoms with E-state index in [1.807, 2.05) is 42.5 Å². The average molecular weight is 586 g/mol. The molecule has 2 aromatic carbocycles. The standard InChI is InChI=1S/C19H12I2N2O2S/c1-2-7-25-17-12(20)8-11(9-13(17)21)10-16-18(24)23-15-6-4-3-5-14(15)22-19(23)26-16/h2-6,8-10H,1,7H2. The van der Waals surface area contributed by atoms with E-state index in [-0.39, 0.29) is 5.56 Å². The summed E-state index contributed by atoms with van der Waals surface area (Å²) in [6.45, 7) is 4.14. The Balaban J connectivity index is 1.85. The topological polar surface area (TPSA) is 43.6 Å². The van der Waals surface area contributed by atoms with Crippen LogP contribution in [0.4, 0.5) is 0 Å². The van der Waals surface area contributed by atoms with E-state index < -0.39 is 0 Å². The van der Waals surface area contributed by atoms with Crippen LogP contribution in [0.15, 0.2) is 53.8 Å². The molecule has 26 heavy (non-hydrogen) atoms. The fourth-order valence-electron chi connectivity index (χ4n) is 2.71. The first kappa shape index (κ1) is 17.9. The molecular formula is C19H12I2N2O2S. The lowest BCUT2D eigenvalue weighted by molar-refractivity contribution is 0.358. The Morgan fingerprint density at radius 3 is 2.69 bits per heavy atom. The van der Waals surface area contributed by atoms with E-state index in [1.165, 1.54) is 11.3 Å². The number of aromatic nitrogens is 2. The minimum Gasteiger partial charge on any atom is -0.487 e. The molecule has 0 aliphatic carbocycles. The Morgan fingerprint density at radius 1 is 1.23 bits per heavy atom. The second-order valence-electron chi connectivity index (χ2n) is 5.55. The molecule has 4 rings (SSSR count). The zero-order valence-corrected chi connectivity index (χ0v) is 18.5. The fourth-order valence-corrected chi connectivity index (χ4v) is 5.82. The second-order valence-corrected chi connectivity index (χ2v) is 8.88. The number of halogens is 2. The maximum Gasteiger partial charge on any atom is 0.274 e. The molecule has 0 aliphatic heterocycles. The summed E-state index contributed by atoms with van der Waals surface area (Å²) in [7, 11) is 0. The van der Waals surface area contributed by atoms with E-state index in [9.17, 15) is 4.79 Å². The summed E-state index contributed by atoms with van der Waals surface area (Å²) in [6, 6.07) is 11.7. The van der Waals surface area contributed by atoms with Crippen molar-refractivity contribution in [3.05, 3.63) is 76.6 Å². The SMILES string of the molecule is C=CCOc1c(I)cc(C=c2sc3nc4ccccc4n3c2=O)cc1I. The first-order chi connectivity index (χ1) is 12.6. The van der Waals surface area contributed by atoms with Gasteiger partial charge in [-0.3, -0.25) is 4.79 Å². The number of benzene rings is 2. The predicted octanol–water partition coefficient (Wildman–Crippen LogP) is 4.23. The lowest BCUT2D eigenvalue weighted by Gasteiger charge is -2.09. The van der Waals surface area contributed by atoms with Crippen molar-refractivity contribution in [3.63, 3.8) is 0 Å². The van der Waals surface area contributed by atoms with Gasteiger partial charge in [-0.1, -0.05) is 36.1 Å². The molecule has 0 atom stereocenters. The molecule has 2 heterocycles. The molecule has 0 fully saturated rings. The van der Waals surface area contributed by atoms with Crippen LogP contribution in [0.25, 0.3) is 22.1 Å². The molecule has 4 nitrogen and oxygen atoms in total. The highest BCUT2D eigenvalue weighted by Gasteiger charge is 2.12. The number of fused-ring (bicyclic) bond motifs is 3. The van der Waals surface area contributed by atoms with E-state index in [0.717, 1.165) is 34.4 Å². The van der Waals surface area contributed by atoms with E-state index in [4.69, 9.17) is 4.74 Å². The molecule has 0 bridgehead atoms. The third-order valence-electron chi connectivity index (χ3n) is 3.81. The normalized spacial score (nSPS) is 12.2. The maximum absolute atomic E-state index is 12.8. The third kappa shape index (κ3) is 3.16. The van der Waals surface area contributed by atoms with Crippen LogP contribution >= 0.6 is 56.5 Å². The van der Waals surface area contributed by atoms with Crippen LogP contribution in [0.2, 0.25) is 0 Å². The van der Waals surface area contributed by atoms with Gasteiger partial charge in [-0.05, 0) is 81.1 Å². The molecule has 0 amide bonds. The van der Waals surface area contributed by atoms with Crippen molar-refractivity contribution in [3.8, 4) is 5.75 Å². The summed E-state index contributed by atoms with van der Waals surface area (Å²) in [5.74, 6) is 0.845. The smallest absolute Gasteiger partial charge is 0.274 e. The number of para-hydroxylation sites is 2. The first-order valence-electron chi connectivity index (χ1n) is 7.73. The van der Waals surface area contributed by atoms with Crippen LogP contribution in [-0.4, -0.2) is 16.0 Å². The van der Waals surface area contributed by atoms with Gasteiger partial charge in [-0.25, -0.2) is 9.38 Å². The minimum atomic E-state index is -0.0318. The van der Waals surface area contributed by atoms with Gasteiger partial charge in [0, 0.05) is 0 Å². The lowest BCUT2D eigenvalue weighted by Crippen LogP contribution is -2.22. The second kappa shape index (κ2) is 7.28. The average Bonchev–Trinajstić information content (AvgIpc) is 3.11. The van der Waals surface area contributed by atoms with Crippen molar-refractivity contribution in [1.82, 2.24) is 9.38 Å². The van der Waals surface area contributed by atoms with Gasteiger partial charge >= 0.3 is 0 Å². The molecule has 0 unspecified atom stereocenters. The fraction of sp³-hybridized carbons (Fsp3) is 0.0526. The molecule has 0 saturated carbocycles. The number of thiazole rings is 1. The highest BCUT2D eigenvalue weighted by Crippen LogP contribution is 2.29. The van der Waals surface area contributed by atoms with Crippen molar-refractivity contribution in [2.75, 3.05) is 6.61 Å². The van der Waals surface area contributed by atoms with Crippen LogP contribution in [0.5, 0.6) is 5.75 Å². The van der Waals surface area contributed by atoms with E-state index in [1.54, 1.807) is 10.5 Å². The van der Waals surface area contributed by atoms with Gasteiger partial charge in [0.15, 0.2) is 4.96 Å². The van der Waals surface area contributed by atoms with Crippen LogP contribution < -0.4 is 14.8 Å². The van der Waals surface area contributed by atoms with Crippen LogP contribution in [0.3, 0.4) is 0 Å². The molecule has 130 valence electrons. The first-order valence-corrected chi connectivity index (χ1v) is 10.7. The van der Waals surface area contributed by atoms with Crippen molar-refractivity contribution < 1.29 is 4.74 Å². The number of hydrogen-bond acceptors (Lipinski definition) is 4. The summed E-state index contributed by atoms with van der Waals surface area (Å²) in [6.07, 6.45) is 3.64. The summed E-state index contributed by atoms with van der Waals surface area (Å²) in [4.78, 5) is 18.1. The summed E-state index contributed by atoms with van der Waals surface area (Å²) >= 11 is 5.91. The van der Waals surface area contributed by atoms with E-state index in [2.05, 4.69) is 56.7 Å². The molecule has 0 spiro atoms. The number of ether oxygens (including phenoxy) is 1. The number of imidazole rings is 1. The minimum absolute atomic E-state index is 0.0318. The Bertz CT molecular complexity index is 1240. The van der Waals surface area contributed by atoms with Gasteiger partial charge in [0.2, 0.25) is 0 Å². The molecule has 0 aliphatic rings. The molecule has 0 N–H and O–H groups in total. The quantitative estimate of drug-likeness (QED) is 0.266. The van der Waals surface area contributed by atoms with Gasteiger partial charge in [-0.15, -0.1) is 0 Å². The molecule has 0 radical (unpaired) electrons. The zero-order chi connectivity index (χ0) is 18.3. The van der Waals surface area contributed by atoms with Gasteiger partial charge in [0.1, 0.15) is 12.4 Å². The molecule has 2 aromatic heterocycles. The van der Waals surface area contributed by atoms with Crippen molar-refractivity contribution in [1.29, 1.82) is 0 Å². The van der Waals surface area contributed by atoms with Gasteiger partial charge < -0.3 is 4.74 Å². The van der Waals surface area contributed by atoms with Crippen LogP contribution in [0, 0.1) is 7.14 Å². The number of nitrogens with zero attached hydrogens (tertiary/aromatic N) is 2. The monoisotopic (exact) mass is 586 g/mol. The zero-order valence-electron chi connectivity index (χ0n) is 13.4. The third-order valence-corrected chi connectivity index (χ3v) is 6.38. The van der Waals surface area contributed by atoms with Crippen molar-refractivity contribution in [2.45, 2.75) is 0 Å². The van der Waals surface area contributed by atoms with Gasteiger partial charge in [0.25, 0.3) is 5.56 Å². The van der Waals surface area contributed by atoms with Crippen molar-refractivity contribution >= 4 is 78.6 Å². The Kier molecular flexibility index (Phi) is 5.02. The highest BCUT2D eigenvalue weighted by molar-refractivity contribution is 14.1. The summed E-state index contributed by atoms with van der Waals surface area (Å²) in [5, 5.41) is 0. The molecular weight excluding hydrogens is 574 g/mol. The predicted molar refractivity (Wildman–Crippen MR) is 123 cm³/mol. The lowest BCUT2D eigenvalue weighted by atomic mass is 10.2. The summed E-state index contributed by atoms with van der Waals surface area (Å²) < 4.78 is 10.1. The van der Waals surface area contributed by atoms with Crippen LogP contribution in [0.1, 0.15) is 5.56 Å². The molecule has 0 saturated heterocycles. The summed E-state index contributed by atoms with van der Waals surface area (Å²) in [5.41, 5.74) is 2.63. The van der Waals surface area contributed by atoms with E-state index >= 15 is 0 Å². The Labute approximate surface area is 180 Å². The van der Waals surface area contributed by atoms with Gasteiger partial charge in [0.05, 0.1) is 22.7 Å². The van der Waals surface area contributed by atoms with Crippen molar-refractivity contribution in [2.24, 2.45) is 0 Å².